The molecule has 0 bridgehead atoms. The maximum absolute atomic E-state index is 13.2. The number of amides is 1. The summed E-state index contributed by atoms with van der Waals surface area (Å²) in [6.45, 7) is 0.668. The van der Waals surface area contributed by atoms with Gasteiger partial charge in [0.05, 0.1) is 12.1 Å². The van der Waals surface area contributed by atoms with Crippen LogP contribution >= 0.6 is 0 Å². The van der Waals surface area contributed by atoms with E-state index in [4.69, 9.17) is 0 Å². The van der Waals surface area contributed by atoms with Crippen LogP contribution in [0.1, 0.15) is 28.7 Å². The van der Waals surface area contributed by atoms with Crippen LogP contribution in [0.5, 0.6) is 0 Å². The second kappa shape index (κ2) is 6.93. The molecule has 5 nitrogen and oxygen atoms in total. The van der Waals surface area contributed by atoms with Crippen molar-refractivity contribution >= 4 is 16.8 Å². The SMILES string of the molecule is O=C(Cc1ccccn1)N1CCc2c([nH]c3ccccc23)C1c1ccccn1. The molecular weight excluding hydrogens is 348 g/mol. The lowest BCUT2D eigenvalue weighted by atomic mass is 9.94. The number of benzene rings is 1. The van der Waals surface area contributed by atoms with Gasteiger partial charge < -0.3 is 9.88 Å². The molecule has 5 rings (SSSR count). The lowest BCUT2D eigenvalue weighted by Crippen LogP contribution is -2.41. The van der Waals surface area contributed by atoms with Crippen molar-refractivity contribution in [1.82, 2.24) is 19.9 Å². The Morgan fingerprint density at radius 3 is 2.57 bits per heavy atom. The normalized spacial score (nSPS) is 16.1. The van der Waals surface area contributed by atoms with Gasteiger partial charge in [0, 0.05) is 41.2 Å². The predicted octanol–water partition coefficient (Wildman–Crippen LogP) is 3.67. The molecule has 4 heterocycles. The summed E-state index contributed by atoms with van der Waals surface area (Å²) in [5.41, 5.74) is 5.13. The van der Waals surface area contributed by atoms with E-state index in [1.807, 2.05) is 47.4 Å². The van der Waals surface area contributed by atoms with Crippen LogP contribution in [0.15, 0.2) is 73.1 Å². The van der Waals surface area contributed by atoms with Crippen molar-refractivity contribution in [1.29, 1.82) is 0 Å². The number of nitrogens with one attached hydrogen (secondary N) is 1. The van der Waals surface area contributed by atoms with E-state index in [2.05, 4.69) is 33.2 Å². The number of carbonyl (C=O) groups is 1. The van der Waals surface area contributed by atoms with Crippen LogP contribution in [0, 0.1) is 0 Å². The van der Waals surface area contributed by atoms with E-state index >= 15 is 0 Å². The highest BCUT2D eigenvalue weighted by Crippen LogP contribution is 2.37. The number of aromatic nitrogens is 3. The molecule has 0 saturated heterocycles. The second-order valence-electron chi connectivity index (χ2n) is 7.05. The van der Waals surface area contributed by atoms with Crippen molar-refractivity contribution in [2.45, 2.75) is 18.9 Å². The van der Waals surface area contributed by atoms with Crippen molar-refractivity contribution < 1.29 is 4.79 Å². The number of hydrogen-bond donors (Lipinski definition) is 1. The zero-order chi connectivity index (χ0) is 18.9. The smallest absolute Gasteiger partial charge is 0.229 e. The molecule has 1 N–H and O–H groups in total. The minimum atomic E-state index is -0.214. The molecular formula is C23H20N4O. The third-order valence-corrected chi connectivity index (χ3v) is 5.38. The van der Waals surface area contributed by atoms with Gasteiger partial charge >= 0.3 is 0 Å². The van der Waals surface area contributed by atoms with E-state index in [-0.39, 0.29) is 11.9 Å². The number of carbonyl (C=O) groups excluding carboxylic acids is 1. The van der Waals surface area contributed by atoms with Gasteiger partial charge in [-0.05, 0) is 42.3 Å². The van der Waals surface area contributed by atoms with E-state index in [0.717, 1.165) is 29.0 Å². The molecule has 1 unspecified atom stereocenters. The van der Waals surface area contributed by atoms with Crippen LogP contribution in [-0.2, 0) is 17.6 Å². The number of para-hydroxylation sites is 1. The molecule has 1 aromatic carbocycles. The fourth-order valence-corrected chi connectivity index (χ4v) is 4.11. The first-order valence-electron chi connectivity index (χ1n) is 9.51. The van der Waals surface area contributed by atoms with E-state index in [0.29, 0.717) is 13.0 Å². The van der Waals surface area contributed by atoms with Crippen LogP contribution in [-0.4, -0.2) is 32.3 Å². The highest BCUT2D eigenvalue weighted by molar-refractivity contribution is 5.86. The first-order chi connectivity index (χ1) is 13.8. The fourth-order valence-electron chi connectivity index (χ4n) is 4.11. The van der Waals surface area contributed by atoms with Gasteiger partial charge in [0.1, 0.15) is 6.04 Å². The molecule has 1 aliphatic rings. The Morgan fingerprint density at radius 2 is 1.79 bits per heavy atom. The molecule has 0 radical (unpaired) electrons. The molecule has 5 heteroatoms. The standard InChI is InChI=1S/C23H20N4O/c28-21(15-16-7-3-5-12-24-16)27-14-11-18-17-8-1-2-9-19(17)26-22(18)23(27)20-10-4-6-13-25-20/h1-10,12-13,23,26H,11,14-15H2. The van der Waals surface area contributed by atoms with Gasteiger partial charge in [-0.1, -0.05) is 30.3 Å². The van der Waals surface area contributed by atoms with Crippen molar-refractivity contribution in [3.05, 3.63) is 95.7 Å². The quantitative estimate of drug-likeness (QED) is 0.600. The Hall–Kier alpha value is -3.47. The van der Waals surface area contributed by atoms with Gasteiger partial charge in [-0.3, -0.25) is 14.8 Å². The number of pyridine rings is 2. The zero-order valence-electron chi connectivity index (χ0n) is 15.4. The monoisotopic (exact) mass is 368 g/mol. The van der Waals surface area contributed by atoms with Crippen molar-refractivity contribution in [3.8, 4) is 0 Å². The van der Waals surface area contributed by atoms with E-state index in [1.54, 1.807) is 12.4 Å². The number of nitrogens with zero attached hydrogens (tertiary/aromatic N) is 3. The Labute approximate surface area is 163 Å². The van der Waals surface area contributed by atoms with Crippen LogP contribution < -0.4 is 0 Å². The van der Waals surface area contributed by atoms with E-state index < -0.39 is 0 Å². The average molecular weight is 368 g/mol. The lowest BCUT2D eigenvalue weighted by Gasteiger charge is -2.35. The molecule has 1 amide bonds. The van der Waals surface area contributed by atoms with Crippen molar-refractivity contribution in [2.75, 3.05) is 6.54 Å². The highest BCUT2D eigenvalue weighted by atomic mass is 16.2. The second-order valence-corrected chi connectivity index (χ2v) is 7.05. The molecule has 28 heavy (non-hydrogen) atoms. The number of H-pyrrole nitrogens is 1. The molecule has 138 valence electrons. The van der Waals surface area contributed by atoms with Crippen LogP contribution in [0.4, 0.5) is 0 Å². The Balaban J connectivity index is 1.58. The molecule has 0 aliphatic carbocycles. The summed E-state index contributed by atoms with van der Waals surface area (Å²) in [7, 11) is 0. The molecule has 4 aromatic rings. The van der Waals surface area contributed by atoms with Crippen LogP contribution in [0.3, 0.4) is 0 Å². The summed E-state index contributed by atoms with van der Waals surface area (Å²) in [6, 6.07) is 19.6. The number of aromatic amines is 1. The molecule has 0 fully saturated rings. The highest BCUT2D eigenvalue weighted by Gasteiger charge is 2.35. The molecule has 0 spiro atoms. The Bertz CT molecular complexity index is 1120. The minimum Gasteiger partial charge on any atom is -0.356 e. The first-order valence-corrected chi connectivity index (χ1v) is 9.51. The number of fused-ring (bicyclic) bond motifs is 3. The molecule has 0 saturated carbocycles. The molecule has 3 aromatic heterocycles. The van der Waals surface area contributed by atoms with Gasteiger partial charge in [0.15, 0.2) is 0 Å². The van der Waals surface area contributed by atoms with Gasteiger partial charge in [-0.15, -0.1) is 0 Å². The third kappa shape index (κ3) is 2.85. The summed E-state index contributed by atoms with van der Waals surface area (Å²) >= 11 is 0. The third-order valence-electron chi connectivity index (χ3n) is 5.38. The Kier molecular flexibility index (Phi) is 4.13. The topological polar surface area (TPSA) is 61.9 Å². The summed E-state index contributed by atoms with van der Waals surface area (Å²) in [5, 5.41) is 1.23. The summed E-state index contributed by atoms with van der Waals surface area (Å²) in [6.07, 6.45) is 4.63. The summed E-state index contributed by atoms with van der Waals surface area (Å²) in [4.78, 5) is 27.6. The largest absolute Gasteiger partial charge is 0.356 e. The van der Waals surface area contributed by atoms with Gasteiger partial charge in [0.2, 0.25) is 5.91 Å². The van der Waals surface area contributed by atoms with Crippen molar-refractivity contribution in [2.24, 2.45) is 0 Å². The Morgan fingerprint density at radius 1 is 1.00 bits per heavy atom. The number of rotatable bonds is 3. The number of hydrogen-bond acceptors (Lipinski definition) is 3. The minimum absolute atomic E-state index is 0.0682. The van der Waals surface area contributed by atoms with Gasteiger partial charge in [-0.25, -0.2) is 0 Å². The first kappa shape index (κ1) is 16.7. The fraction of sp³-hybridized carbons (Fsp3) is 0.174. The molecule has 1 aliphatic heterocycles. The maximum Gasteiger partial charge on any atom is 0.229 e. The van der Waals surface area contributed by atoms with Crippen LogP contribution in [0.2, 0.25) is 0 Å². The summed E-state index contributed by atoms with van der Waals surface area (Å²) < 4.78 is 0. The van der Waals surface area contributed by atoms with E-state index in [1.165, 1.54) is 10.9 Å². The predicted molar refractivity (Wildman–Crippen MR) is 108 cm³/mol. The molecule has 1 atom stereocenters. The average Bonchev–Trinajstić information content (AvgIpc) is 3.13. The van der Waals surface area contributed by atoms with Crippen LogP contribution in [0.25, 0.3) is 10.9 Å². The lowest BCUT2D eigenvalue weighted by molar-refractivity contribution is -0.132. The van der Waals surface area contributed by atoms with E-state index in [9.17, 15) is 4.79 Å². The zero-order valence-corrected chi connectivity index (χ0v) is 15.4. The van der Waals surface area contributed by atoms with Gasteiger partial charge in [0.25, 0.3) is 0 Å². The van der Waals surface area contributed by atoms with Gasteiger partial charge in [-0.2, -0.15) is 0 Å². The van der Waals surface area contributed by atoms with Crippen molar-refractivity contribution in [3.63, 3.8) is 0 Å². The maximum atomic E-state index is 13.2. The summed E-state index contributed by atoms with van der Waals surface area (Å²) in [5.74, 6) is 0.0682.